The number of benzene rings is 1. The number of guanidine groups is 1. The topological polar surface area (TPSA) is 86.9 Å². The van der Waals surface area contributed by atoms with E-state index in [1.165, 1.54) is 11.1 Å². The highest BCUT2D eigenvalue weighted by atomic mass is 127. The van der Waals surface area contributed by atoms with E-state index in [9.17, 15) is 4.79 Å². The Morgan fingerprint density at radius 1 is 1.32 bits per heavy atom. The van der Waals surface area contributed by atoms with E-state index in [1.54, 1.807) is 13.2 Å². The molecule has 1 unspecified atom stereocenters. The minimum Gasteiger partial charge on any atom is -0.369 e. The summed E-state index contributed by atoms with van der Waals surface area (Å²) in [6.07, 6.45) is 3.59. The highest BCUT2D eigenvalue weighted by Crippen LogP contribution is 2.24. The monoisotopic (exact) mass is 536 g/mol. The number of aryl methyl sites for hydroxylation is 1. The smallest absolute Gasteiger partial charge is 0.222 e. The molecule has 0 spiro atoms. The molecule has 0 aliphatic carbocycles. The fourth-order valence-corrected chi connectivity index (χ4v) is 3.86. The van der Waals surface area contributed by atoms with Crippen LogP contribution in [0.25, 0.3) is 0 Å². The molecule has 2 heterocycles. The van der Waals surface area contributed by atoms with Crippen LogP contribution in [0.15, 0.2) is 47.6 Å². The molecule has 1 saturated heterocycles. The predicted molar refractivity (Wildman–Crippen MR) is 137 cm³/mol. The van der Waals surface area contributed by atoms with Crippen molar-refractivity contribution < 1.29 is 4.79 Å². The lowest BCUT2D eigenvalue weighted by Gasteiger charge is -2.33. The number of pyridine rings is 1. The van der Waals surface area contributed by atoms with Crippen molar-refractivity contribution >= 4 is 41.7 Å². The maximum Gasteiger partial charge on any atom is 0.222 e. The van der Waals surface area contributed by atoms with Crippen molar-refractivity contribution in [1.29, 1.82) is 0 Å². The van der Waals surface area contributed by atoms with Gasteiger partial charge in [-0.05, 0) is 31.4 Å². The lowest BCUT2D eigenvalue weighted by atomic mass is 9.97. The van der Waals surface area contributed by atoms with Crippen LogP contribution >= 0.6 is 24.0 Å². The lowest BCUT2D eigenvalue weighted by molar-refractivity contribution is -0.122. The Kier molecular flexibility index (Phi) is 9.54. The van der Waals surface area contributed by atoms with Gasteiger partial charge in [-0.3, -0.25) is 9.79 Å². The van der Waals surface area contributed by atoms with E-state index in [0.29, 0.717) is 13.1 Å². The number of nitrogens with zero attached hydrogens (tertiary/aromatic N) is 4. The van der Waals surface area contributed by atoms with E-state index in [1.807, 2.05) is 13.1 Å². The van der Waals surface area contributed by atoms with E-state index < -0.39 is 0 Å². The van der Waals surface area contributed by atoms with E-state index in [-0.39, 0.29) is 35.8 Å². The van der Waals surface area contributed by atoms with E-state index in [2.05, 4.69) is 62.3 Å². The third kappa shape index (κ3) is 6.81. The molecule has 1 atom stereocenters. The Morgan fingerprint density at radius 3 is 2.74 bits per heavy atom. The fraction of sp³-hybridized carbons (Fsp3) is 0.435. The molecule has 7 nitrogen and oxygen atoms in total. The summed E-state index contributed by atoms with van der Waals surface area (Å²) in [5.41, 5.74) is 9.11. The van der Waals surface area contributed by atoms with Crippen LogP contribution in [0.4, 0.5) is 5.82 Å². The van der Waals surface area contributed by atoms with Gasteiger partial charge in [0.2, 0.25) is 5.91 Å². The summed E-state index contributed by atoms with van der Waals surface area (Å²) >= 11 is 0. The molecule has 0 radical (unpaired) electrons. The predicted octanol–water partition coefficient (Wildman–Crippen LogP) is 2.92. The zero-order valence-electron chi connectivity index (χ0n) is 18.5. The molecule has 31 heavy (non-hydrogen) atoms. The van der Waals surface area contributed by atoms with Gasteiger partial charge in [-0.15, -0.1) is 24.0 Å². The molecule has 1 aliphatic heterocycles. The Balaban J connectivity index is 0.00000341. The third-order valence-electron chi connectivity index (χ3n) is 5.54. The van der Waals surface area contributed by atoms with Crippen molar-refractivity contribution in [2.75, 3.05) is 32.1 Å². The van der Waals surface area contributed by atoms with E-state index >= 15 is 0 Å². The summed E-state index contributed by atoms with van der Waals surface area (Å²) in [5.74, 6) is 1.38. The number of piperidine rings is 1. The molecule has 3 N–H and O–H groups in total. The minimum absolute atomic E-state index is 0. The third-order valence-corrected chi connectivity index (χ3v) is 5.54. The summed E-state index contributed by atoms with van der Waals surface area (Å²) in [5, 5.41) is 3.45. The van der Waals surface area contributed by atoms with Crippen LogP contribution in [0.1, 0.15) is 29.5 Å². The summed E-state index contributed by atoms with van der Waals surface area (Å²) in [7, 11) is 3.82. The van der Waals surface area contributed by atoms with Gasteiger partial charge in [-0.2, -0.15) is 0 Å². The number of hydrogen-bond donors (Lipinski definition) is 2. The van der Waals surface area contributed by atoms with Crippen LogP contribution in [0, 0.1) is 12.8 Å². The number of aromatic nitrogens is 1. The van der Waals surface area contributed by atoms with Crippen molar-refractivity contribution in [3.05, 3.63) is 59.3 Å². The summed E-state index contributed by atoms with van der Waals surface area (Å²) < 4.78 is 0. The molecule has 8 heteroatoms. The number of amides is 1. The maximum absolute atomic E-state index is 11.7. The molecular weight excluding hydrogens is 503 g/mol. The quantitative estimate of drug-likeness (QED) is 0.337. The van der Waals surface area contributed by atoms with E-state index in [4.69, 9.17) is 5.73 Å². The van der Waals surface area contributed by atoms with Gasteiger partial charge in [0, 0.05) is 52.0 Å². The standard InChI is InChI=1S/C23H32N6O.HI/c1-17-8-10-18(11-9-17)15-28(3)23(25-2)27-14-19-6-4-12-26-22(19)29-13-5-7-20(16-29)21(24)30;/h4,6,8-12,20H,5,7,13-16H2,1-3H3,(H2,24,30)(H,25,27);1H. The van der Waals surface area contributed by atoms with Crippen LogP contribution in [-0.4, -0.2) is 48.9 Å². The minimum atomic E-state index is -0.228. The first-order valence-electron chi connectivity index (χ1n) is 10.4. The Labute approximate surface area is 202 Å². The van der Waals surface area contributed by atoms with Crippen molar-refractivity contribution in [3.63, 3.8) is 0 Å². The Hall–Kier alpha value is -2.36. The average Bonchev–Trinajstić information content (AvgIpc) is 2.76. The number of hydrogen-bond acceptors (Lipinski definition) is 4. The molecule has 168 valence electrons. The van der Waals surface area contributed by atoms with Crippen LogP contribution in [0.3, 0.4) is 0 Å². The Morgan fingerprint density at radius 2 is 2.06 bits per heavy atom. The first kappa shape index (κ1) is 24.9. The van der Waals surface area contributed by atoms with Gasteiger partial charge in [-0.1, -0.05) is 35.9 Å². The highest BCUT2D eigenvalue weighted by molar-refractivity contribution is 14.0. The molecule has 0 bridgehead atoms. The summed E-state index contributed by atoms with van der Waals surface area (Å²) in [6, 6.07) is 12.5. The molecular formula is C23H33IN6O. The first-order valence-corrected chi connectivity index (χ1v) is 10.4. The van der Waals surface area contributed by atoms with Gasteiger partial charge in [0.05, 0.1) is 5.92 Å². The number of nitrogens with two attached hydrogens (primary N) is 1. The molecule has 3 rings (SSSR count). The second-order valence-electron chi connectivity index (χ2n) is 7.92. The number of anilines is 1. The number of primary amides is 1. The lowest BCUT2D eigenvalue weighted by Crippen LogP contribution is -2.42. The average molecular weight is 536 g/mol. The second kappa shape index (κ2) is 11.9. The number of nitrogens with one attached hydrogen (secondary N) is 1. The number of aliphatic imine (C=N–C) groups is 1. The highest BCUT2D eigenvalue weighted by Gasteiger charge is 2.26. The fourth-order valence-electron chi connectivity index (χ4n) is 3.86. The van der Waals surface area contributed by atoms with Crippen LogP contribution in [0.5, 0.6) is 0 Å². The number of halogens is 1. The van der Waals surface area contributed by atoms with Gasteiger partial charge in [0.25, 0.3) is 0 Å². The van der Waals surface area contributed by atoms with Gasteiger partial charge >= 0.3 is 0 Å². The zero-order chi connectivity index (χ0) is 21.5. The molecule has 0 saturated carbocycles. The van der Waals surface area contributed by atoms with Crippen LogP contribution in [0.2, 0.25) is 0 Å². The number of rotatable bonds is 6. The molecule has 1 aliphatic rings. The summed E-state index contributed by atoms with van der Waals surface area (Å²) in [4.78, 5) is 25.0. The number of carbonyl (C=O) groups excluding carboxylic acids is 1. The normalized spacial score (nSPS) is 16.4. The van der Waals surface area contributed by atoms with Gasteiger partial charge < -0.3 is 20.9 Å². The zero-order valence-corrected chi connectivity index (χ0v) is 20.9. The molecule has 1 aromatic carbocycles. The SMILES string of the molecule is CN=C(NCc1cccnc1N1CCCC(C(N)=O)C1)N(C)Cc1ccc(C)cc1.I. The second-order valence-corrected chi connectivity index (χ2v) is 7.92. The summed E-state index contributed by atoms with van der Waals surface area (Å²) in [6.45, 7) is 4.97. The molecule has 1 amide bonds. The Bertz CT molecular complexity index is 886. The van der Waals surface area contributed by atoms with Crippen molar-refractivity contribution in [3.8, 4) is 0 Å². The van der Waals surface area contributed by atoms with Crippen LogP contribution in [-0.2, 0) is 17.9 Å². The van der Waals surface area contributed by atoms with Crippen molar-refractivity contribution in [1.82, 2.24) is 15.2 Å². The van der Waals surface area contributed by atoms with Gasteiger partial charge in [0.1, 0.15) is 5.82 Å². The molecule has 2 aromatic rings. The number of carbonyl (C=O) groups is 1. The maximum atomic E-state index is 11.7. The largest absolute Gasteiger partial charge is 0.369 e. The van der Waals surface area contributed by atoms with Crippen molar-refractivity contribution in [2.24, 2.45) is 16.6 Å². The molecule has 1 aromatic heterocycles. The van der Waals surface area contributed by atoms with Gasteiger partial charge in [0.15, 0.2) is 5.96 Å². The molecule has 1 fully saturated rings. The van der Waals surface area contributed by atoms with E-state index in [0.717, 1.165) is 43.3 Å². The first-order chi connectivity index (χ1) is 14.5. The van der Waals surface area contributed by atoms with Crippen LogP contribution < -0.4 is 16.0 Å². The van der Waals surface area contributed by atoms with Crippen molar-refractivity contribution in [2.45, 2.75) is 32.9 Å². The van der Waals surface area contributed by atoms with Gasteiger partial charge in [-0.25, -0.2) is 4.98 Å².